The molecule has 0 saturated carbocycles. The van der Waals surface area contributed by atoms with Gasteiger partial charge in [0.2, 0.25) is 11.8 Å². The lowest BCUT2D eigenvalue weighted by Crippen LogP contribution is -2.55. The number of rotatable bonds is 9. The molecular formula is C24H31Cl2FN4O4S. The number of nitrogens with zero attached hydrogens (tertiary/aromatic N) is 3. The molecule has 36 heavy (non-hydrogen) atoms. The van der Waals surface area contributed by atoms with Gasteiger partial charge in [-0.25, -0.2) is 8.70 Å². The van der Waals surface area contributed by atoms with E-state index in [-0.39, 0.29) is 12.2 Å². The van der Waals surface area contributed by atoms with Gasteiger partial charge in [-0.3, -0.25) is 9.59 Å². The Morgan fingerprint density at radius 3 is 2.14 bits per heavy atom. The third kappa shape index (κ3) is 7.80. The van der Waals surface area contributed by atoms with Gasteiger partial charge in [-0.2, -0.15) is 12.7 Å². The number of nitrogens with one attached hydrogen (secondary N) is 1. The molecular weight excluding hydrogens is 530 g/mol. The molecule has 0 aliphatic carbocycles. The molecule has 2 aromatic rings. The van der Waals surface area contributed by atoms with Crippen LogP contribution in [0.4, 0.5) is 10.1 Å². The van der Waals surface area contributed by atoms with Gasteiger partial charge in [0.15, 0.2) is 0 Å². The van der Waals surface area contributed by atoms with E-state index in [9.17, 15) is 22.4 Å². The topological polar surface area (TPSA) is 90.0 Å². The van der Waals surface area contributed by atoms with Crippen LogP contribution in [0.1, 0.15) is 33.3 Å². The fourth-order valence-corrected chi connectivity index (χ4v) is 4.74. The summed E-state index contributed by atoms with van der Waals surface area (Å²) in [6.07, 6.45) is 0. The fraction of sp³-hybridized carbons (Fsp3) is 0.417. The van der Waals surface area contributed by atoms with Crippen molar-refractivity contribution < 1.29 is 22.4 Å². The largest absolute Gasteiger partial charge is 0.350 e. The lowest BCUT2D eigenvalue weighted by atomic mass is 10.1. The number of hydrogen-bond acceptors (Lipinski definition) is 4. The molecule has 8 nitrogen and oxygen atoms in total. The minimum atomic E-state index is -4.14. The summed E-state index contributed by atoms with van der Waals surface area (Å²) >= 11 is 12.3. The molecule has 0 aromatic heterocycles. The summed E-state index contributed by atoms with van der Waals surface area (Å²) in [6.45, 7) is 6.25. The standard InChI is InChI=1S/C24H31Cl2FN4O4S/c1-16(23(33)28-24(2,3)4)30(14-17-7-8-18(25)13-21(17)26)22(32)15-31(36(34,35)29(5)6)20-11-9-19(27)10-12-20/h7-13,16H,14-15H2,1-6H3,(H,28,33)/t16-/m0/s1. The van der Waals surface area contributed by atoms with Crippen LogP contribution in [0.5, 0.6) is 0 Å². The highest BCUT2D eigenvalue weighted by Crippen LogP contribution is 2.25. The minimum Gasteiger partial charge on any atom is -0.350 e. The van der Waals surface area contributed by atoms with Gasteiger partial charge in [0.05, 0.1) is 5.69 Å². The second-order valence-electron chi connectivity index (χ2n) is 9.45. The molecule has 0 aliphatic heterocycles. The predicted octanol–water partition coefficient (Wildman–Crippen LogP) is 4.08. The summed E-state index contributed by atoms with van der Waals surface area (Å²) in [4.78, 5) is 27.9. The van der Waals surface area contributed by atoms with Crippen LogP contribution in [0.3, 0.4) is 0 Å². The van der Waals surface area contributed by atoms with Gasteiger partial charge in [-0.05, 0) is 69.7 Å². The summed E-state index contributed by atoms with van der Waals surface area (Å²) in [5.74, 6) is -1.64. The molecule has 198 valence electrons. The van der Waals surface area contributed by atoms with E-state index in [1.165, 1.54) is 37.2 Å². The summed E-state index contributed by atoms with van der Waals surface area (Å²) in [7, 11) is -1.50. The molecule has 0 radical (unpaired) electrons. The highest BCUT2D eigenvalue weighted by Gasteiger charge is 2.33. The molecule has 1 N–H and O–H groups in total. The molecule has 2 amide bonds. The zero-order valence-electron chi connectivity index (χ0n) is 21.0. The van der Waals surface area contributed by atoms with Crippen LogP contribution in [0.2, 0.25) is 10.0 Å². The van der Waals surface area contributed by atoms with Crippen molar-refractivity contribution in [3.05, 3.63) is 63.9 Å². The maximum Gasteiger partial charge on any atom is 0.304 e. The van der Waals surface area contributed by atoms with E-state index >= 15 is 0 Å². The number of amides is 2. The Kier molecular flexibility index (Phi) is 9.75. The van der Waals surface area contributed by atoms with Crippen LogP contribution in [0, 0.1) is 5.82 Å². The number of benzene rings is 2. The first-order valence-corrected chi connectivity index (χ1v) is 13.2. The van der Waals surface area contributed by atoms with E-state index in [0.717, 1.165) is 20.7 Å². The van der Waals surface area contributed by atoms with Crippen LogP contribution >= 0.6 is 23.2 Å². The zero-order chi connectivity index (χ0) is 27.4. The molecule has 0 fully saturated rings. The minimum absolute atomic E-state index is 0.0766. The van der Waals surface area contributed by atoms with Crippen molar-refractivity contribution >= 4 is 50.9 Å². The van der Waals surface area contributed by atoms with Crippen molar-refractivity contribution in [3.63, 3.8) is 0 Å². The first kappa shape index (κ1) is 29.8. The molecule has 0 saturated heterocycles. The van der Waals surface area contributed by atoms with Crippen molar-refractivity contribution in [3.8, 4) is 0 Å². The van der Waals surface area contributed by atoms with E-state index < -0.39 is 46.0 Å². The maximum atomic E-state index is 13.6. The third-order valence-corrected chi connectivity index (χ3v) is 7.56. The molecule has 2 aromatic carbocycles. The van der Waals surface area contributed by atoms with Crippen LogP contribution in [0.25, 0.3) is 0 Å². The van der Waals surface area contributed by atoms with Gasteiger partial charge in [0.1, 0.15) is 18.4 Å². The number of hydrogen-bond donors (Lipinski definition) is 1. The van der Waals surface area contributed by atoms with Gasteiger partial charge in [0.25, 0.3) is 0 Å². The molecule has 0 spiro atoms. The Labute approximate surface area is 222 Å². The van der Waals surface area contributed by atoms with Crippen LogP contribution < -0.4 is 9.62 Å². The van der Waals surface area contributed by atoms with Crippen molar-refractivity contribution in [1.29, 1.82) is 0 Å². The van der Waals surface area contributed by atoms with Crippen molar-refractivity contribution in [2.45, 2.75) is 45.8 Å². The molecule has 0 unspecified atom stereocenters. The SMILES string of the molecule is C[C@@H](C(=O)NC(C)(C)C)N(Cc1ccc(Cl)cc1Cl)C(=O)CN(c1ccc(F)cc1)S(=O)(=O)N(C)C. The fourth-order valence-electron chi connectivity index (χ4n) is 3.21. The van der Waals surface area contributed by atoms with Gasteiger partial charge in [0, 0.05) is 36.2 Å². The Morgan fingerprint density at radius 1 is 1.06 bits per heavy atom. The summed E-state index contributed by atoms with van der Waals surface area (Å²) < 4.78 is 41.5. The quantitative estimate of drug-likeness (QED) is 0.500. The summed E-state index contributed by atoms with van der Waals surface area (Å²) in [5.41, 5.74) is 0.0511. The molecule has 12 heteroatoms. The van der Waals surface area contributed by atoms with Crippen molar-refractivity contribution in [2.75, 3.05) is 24.9 Å². The summed E-state index contributed by atoms with van der Waals surface area (Å²) in [6, 6.07) is 8.51. The lowest BCUT2D eigenvalue weighted by molar-refractivity contribution is -0.140. The highest BCUT2D eigenvalue weighted by atomic mass is 35.5. The number of anilines is 1. The predicted molar refractivity (Wildman–Crippen MR) is 141 cm³/mol. The molecule has 0 bridgehead atoms. The molecule has 2 rings (SSSR count). The second-order valence-corrected chi connectivity index (χ2v) is 12.4. The Hall–Kier alpha value is -2.40. The molecule has 0 heterocycles. The lowest BCUT2D eigenvalue weighted by Gasteiger charge is -2.34. The smallest absolute Gasteiger partial charge is 0.304 e. The normalized spacial score (nSPS) is 12.8. The number of carbonyl (C=O) groups is 2. The maximum absolute atomic E-state index is 13.6. The van der Waals surface area contributed by atoms with Crippen molar-refractivity contribution in [2.24, 2.45) is 0 Å². The average molecular weight is 562 g/mol. The average Bonchev–Trinajstić information content (AvgIpc) is 2.75. The first-order valence-electron chi connectivity index (χ1n) is 11.0. The van der Waals surface area contributed by atoms with Crippen molar-refractivity contribution in [1.82, 2.24) is 14.5 Å². The molecule has 0 aliphatic rings. The third-order valence-electron chi connectivity index (χ3n) is 5.15. The van der Waals surface area contributed by atoms with Crippen LogP contribution in [-0.2, 0) is 26.3 Å². The number of halogens is 3. The highest BCUT2D eigenvalue weighted by molar-refractivity contribution is 7.90. The van der Waals surface area contributed by atoms with Gasteiger partial charge in [-0.1, -0.05) is 29.3 Å². The van der Waals surface area contributed by atoms with Gasteiger partial charge < -0.3 is 10.2 Å². The van der Waals surface area contributed by atoms with Gasteiger partial charge >= 0.3 is 10.2 Å². The second kappa shape index (κ2) is 11.8. The number of carbonyl (C=O) groups excluding carboxylic acids is 2. The van der Waals surface area contributed by atoms with Gasteiger partial charge in [-0.15, -0.1) is 0 Å². The van der Waals surface area contributed by atoms with E-state index in [1.54, 1.807) is 39.8 Å². The zero-order valence-corrected chi connectivity index (χ0v) is 23.4. The van der Waals surface area contributed by atoms with Crippen LogP contribution in [0.15, 0.2) is 42.5 Å². The Bertz CT molecular complexity index is 1200. The van der Waals surface area contributed by atoms with E-state index in [2.05, 4.69) is 5.32 Å². The van der Waals surface area contributed by atoms with Crippen LogP contribution in [-0.4, -0.2) is 61.7 Å². The monoisotopic (exact) mass is 560 g/mol. The Balaban J connectivity index is 2.50. The first-order chi connectivity index (χ1) is 16.5. The summed E-state index contributed by atoms with van der Waals surface area (Å²) in [5, 5.41) is 3.53. The van der Waals surface area contributed by atoms with E-state index in [1.807, 2.05) is 0 Å². The Morgan fingerprint density at radius 2 is 1.64 bits per heavy atom. The van der Waals surface area contributed by atoms with E-state index in [4.69, 9.17) is 23.2 Å². The molecule has 1 atom stereocenters. The van der Waals surface area contributed by atoms with E-state index in [0.29, 0.717) is 15.6 Å².